The zero-order valence-corrected chi connectivity index (χ0v) is 7.15. The molecule has 1 aliphatic heterocycles. The van der Waals surface area contributed by atoms with E-state index in [4.69, 9.17) is 4.52 Å². The van der Waals surface area contributed by atoms with Crippen molar-refractivity contribution in [3.05, 3.63) is 18.2 Å². The van der Waals surface area contributed by atoms with Crippen molar-refractivity contribution in [1.82, 2.24) is 20.1 Å². The number of carbonyl (C=O) groups is 1. The number of fused-ring (bicyclic) bond motifs is 1. The Hall–Kier alpha value is -2.51. The lowest BCUT2D eigenvalue weighted by Gasteiger charge is -1.94. The molecule has 0 radical (unpaired) electrons. The fourth-order valence-electron chi connectivity index (χ4n) is 1.13. The van der Waals surface area contributed by atoms with E-state index in [9.17, 15) is 4.79 Å². The number of azo groups is 1. The third-order valence-corrected chi connectivity index (χ3v) is 1.77. The predicted molar refractivity (Wildman–Crippen MR) is 44.2 cm³/mol. The van der Waals surface area contributed by atoms with Gasteiger partial charge in [0.25, 0.3) is 5.89 Å². The van der Waals surface area contributed by atoms with Crippen LogP contribution in [0.5, 0.6) is 0 Å². The Bertz CT molecular complexity index is 561. The van der Waals surface area contributed by atoms with Gasteiger partial charge in [0.15, 0.2) is 12.0 Å². The van der Waals surface area contributed by atoms with E-state index in [-0.39, 0.29) is 17.4 Å². The van der Waals surface area contributed by atoms with Crippen LogP contribution in [0.3, 0.4) is 0 Å². The van der Waals surface area contributed by atoms with Gasteiger partial charge in [0.05, 0.1) is 6.20 Å². The van der Waals surface area contributed by atoms with Crippen molar-refractivity contribution in [2.75, 3.05) is 0 Å². The van der Waals surface area contributed by atoms with Gasteiger partial charge in [-0.2, -0.15) is 4.98 Å². The highest BCUT2D eigenvalue weighted by molar-refractivity contribution is 5.99. The number of rotatable bonds is 1. The molecule has 1 aliphatic rings. The molecule has 0 saturated carbocycles. The molecule has 1 amide bonds. The van der Waals surface area contributed by atoms with E-state index in [0.29, 0.717) is 5.69 Å². The van der Waals surface area contributed by atoms with Crippen LogP contribution in [-0.2, 0) is 0 Å². The highest BCUT2D eigenvalue weighted by atomic mass is 16.5. The second-order valence-corrected chi connectivity index (χ2v) is 2.68. The van der Waals surface area contributed by atoms with Crippen molar-refractivity contribution in [3.63, 3.8) is 0 Å². The molecule has 15 heavy (non-hydrogen) atoms. The van der Waals surface area contributed by atoms with E-state index in [1.807, 2.05) is 0 Å². The molecule has 8 heteroatoms. The van der Waals surface area contributed by atoms with Crippen LogP contribution >= 0.6 is 0 Å². The lowest BCUT2D eigenvalue weighted by molar-refractivity contribution is 0.0998. The van der Waals surface area contributed by atoms with E-state index >= 15 is 0 Å². The Kier molecular flexibility index (Phi) is 1.43. The van der Waals surface area contributed by atoms with Crippen molar-refractivity contribution in [3.8, 4) is 11.7 Å². The van der Waals surface area contributed by atoms with Crippen LogP contribution in [0.15, 0.2) is 27.3 Å². The smallest absolute Gasteiger partial charge is 0.316 e. The Morgan fingerprint density at radius 3 is 2.93 bits per heavy atom. The number of nitrogens with zero attached hydrogens (tertiary/aromatic N) is 6. The van der Waals surface area contributed by atoms with E-state index in [1.165, 1.54) is 12.5 Å². The number of amides is 1. The van der Waals surface area contributed by atoms with Crippen LogP contribution in [-0.4, -0.2) is 26.0 Å². The average molecular weight is 202 g/mol. The quantitative estimate of drug-likeness (QED) is 0.675. The summed E-state index contributed by atoms with van der Waals surface area (Å²) >= 11 is 0. The van der Waals surface area contributed by atoms with E-state index in [0.717, 1.165) is 0 Å². The monoisotopic (exact) mass is 202 g/mol. The van der Waals surface area contributed by atoms with Crippen molar-refractivity contribution in [1.29, 1.82) is 0 Å². The normalized spacial score (nSPS) is 13.2. The minimum Gasteiger partial charge on any atom is -0.331 e. The summed E-state index contributed by atoms with van der Waals surface area (Å²) in [7, 11) is 0. The Balaban J connectivity index is 2.15. The minimum absolute atomic E-state index is 0.150. The van der Waals surface area contributed by atoms with Crippen molar-refractivity contribution >= 4 is 11.6 Å². The van der Waals surface area contributed by atoms with Crippen LogP contribution in [0.4, 0.5) is 5.69 Å². The summed E-state index contributed by atoms with van der Waals surface area (Å²) in [5.74, 6) is -0.155. The maximum Gasteiger partial charge on any atom is 0.316 e. The fraction of sp³-hybridized carbons (Fsp3) is 0. The third kappa shape index (κ3) is 1.11. The molecule has 0 atom stereocenters. The second kappa shape index (κ2) is 2.74. The summed E-state index contributed by atoms with van der Waals surface area (Å²) < 4.78 is 4.76. The molecule has 2 aromatic heterocycles. The summed E-state index contributed by atoms with van der Waals surface area (Å²) in [4.78, 5) is 22.8. The van der Waals surface area contributed by atoms with Gasteiger partial charge in [0, 0.05) is 0 Å². The first-order valence-corrected chi connectivity index (χ1v) is 3.95. The van der Waals surface area contributed by atoms with Crippen LogP contribution in [0.1, 0.15) is 10.5 Å². The molecule has 2 aromatic rings. The topological polar surface area (TPSA) is 106 Å². The number of hydrogen-bond donors (Lipinski definition) is 0. The molecular formula is C7H2N6O2. The molecule has 72 valence electrons. The summed E-state index contributed by atoms with van der Waals surface area (Å²) in [5, 5.41) is 10.3. The molecule has 0 fully saturated rings. The fourth-order valence-corrected chi connectivity index (χ4v) is 1.13. The summed E-state index contributed by atoms with van der Waals surface area (Å²) in [6, 6.07) is 0. The second-order valence-electron chi connectivity index (χ2n) is 2.68. The molecule has 0 bridgehead atoms. The minimum atomic E-state index is -0.492. The van der Waals surface area contributed by atoms with Gasteiger partial charge in [-0.25, -0.2) is 9.97 Å². The number of hydrogen-bond acceptors (Lipinski definition) is 7. The van der Waals surface area contributed by atoms with Gasteiger partial charge in [0.1, 0.15) is 5.69 Å². The van der Waals surface area contributed by atoms with E-state index < -0.39 is 5.91 Å². The van der Waals surface area contributed by atoms with Crippen LogP contribution in [0.2, 0.25) is 0 Å². The maximum atomic E-state index is 11.2. The number of aromatic nitrogens is 4. The van der Waals surface area contributed by atoms with Crippen molar-refractivity contribution < 1.29 is 9.32 Å². The molecule has 8 nitrogen and oxygen atoms in total. The third-order valence-electron chi connectivity index (χ3n) is 1.77. The molecule has 0 aliphatic carbocycles. The van der Waals surface area contributed by atoms with Gasteiger partial charge in [-0.05, 0) is 0 Å². The molecule has 0 saturated heterocycles. The van der Waals surface area contributed by atoms with Crippen molar-refractivity contribution in [2.24, 2.45) is 10.2 Å². The van der Waals surface area contributed by atoms with E-state index in [2.05, 4.69) is 30.3 Å². The van der Waals surface area contributed by atoms with Gasteiger partial charge in [0.2, 0.25) is 5.82 Å². The van der Waals surface area contributed by atoms with Crippen LogP contribution in [0.25, 0.3) is 11.7 Å². The average Bonchev–Trinajstić information content (AvgIpc) is 2.88. The lowest BCUT2D eigenvalue weighted by Crippen LogP contribution is -1.98. The largest absolute Gasteiger partial charge is 0.331 e. The molecule has 3 heterocycles. The van der Waals surface area contributed by atoms with Crippen LogP contribution in [0, 0.1) is 0 Å². The summed E-state index contributed by atoms with van der Waals surface area (Å²) in [6.45, 7) is 0. The summed E-state index contributed by atoms with van der Waals surface area (Å²) in [5.41, 5.74) is 0.501. The molecule has 0 unspecified atom stereocenters. The first kappa shape index (κ1) is 7.85. The molecule has 3 rings (SSSR count). The standard InChI is InChI=1S/C7H2N6O2/c14-6-4-3(12-13-6)1-8-5(11-4)7-9-2-10-15-7/h1-2H. The van der Waals surface area contributed by atoms with Crippen molar-refractivity contribution in [2.45, 2.75) is 0 Å². The van der Waals surface area contributed by atoms with E-state index in [1.54, 1.807) is 0 Å². The number of carbonyl (C=O) groups excluding carboxylic acids is 1. The van der Waals surface area contributed by atoms with Gasteiger partial charge in [-0.15, -0.1) is 10.2 Å². The Morgan fingerprint density at radius 1 is 1.20 bits per heavy atom. The van der Waals surface area contributed by atoms with Crippen LogP contribution < -0.4 is 0 Å². The van der Waals surface area contributed by atoms with Gasteiger partial charge >= 0.3 is 5.91 Å². The first-order valence-electron chi connectivity index (χ1n) is 3.95. The van der Waals surface area contributed by atoms with Gasteiger partial charge in [-0.3, -0.25) is 4.79 Å². The highest BCUT2D eigenvalue weighted by Gasteiger charge is 2.21. The predicted octanol–water partition coefficient (Wildman–Crippen LogP) is 0.764. The first-order chi connectivity index (χ1) is 7.34. The zero-order valence-electron chi connectivity index (χ0n) is 7.15. The molecular weight excluding hydrogens is 200 g/mol. The maximum absolute atomic E-state index is 11.2. The Morgan fingerprint density at radius 2 is 2.13 bits per heavy atom. The molecule has 0 aromatic carbocycles. The SMILES string of the molecule is O=C1N=Nc2cnc(-c3ncno3)nc21. The van der Waals surface area contributed by atoms with Gasteiger partial charge in [-0.1, -0.05) is 5.16 Å². The summed E-state index contributed by atoms with van der Waals surface area (Å²) in [6.07, 6.45) is 2.61. The molecule has 0 N–H and O–H groups in total. The van der Waals surface area contributed by atoms with Gasteiger partial charge < -0.3 is 4.52 Å². The highest BCUT2D eigenvalue weighted by Crippen LogP contribution is 2.25. The Labute approximate surface area is 82.1 Å². The molecule has 0 spiro atoms. The lowest BCUT2D eigenvalue weighted by atomic mass is 10.3. The zero-order chi connectivity index (χ0) is 10.3.